The maximum absolute atomic E-state index is 5.72. The third-order valence-corrected chi connectivity index (χ3v) is 2.43. The number of nitrogen functional groups attached to an aromatic ring is 1. The largest absolute Gasteiger partial charge is 0.389 e. The van der Waals surface area contributed by atoms with E-state index >= 15 is 0 Å². The zero-order valence-electron chi connectivity index (χ0n) is 7.26. The van der Waals surface area contributed by atoms with Gasteiger partial charge in [-0.25, -0.2) is 4.98 Å². The van der Waals surface area contributed by atoms with E-state index in [1.165, 1.54) is 11.3 Å². The minimum Gasteiger partial charge on any atom is -0.389 e. The maximum atomic E-state index is 5.72. The zero-order chi connectivity index (χ0) is 8.97. The number of nitrogens with zero attached hydrogens (tertiary/aromatic N) is 1. The van der Waals surface area contributed by atoms with Gasteiger partial charge in [-0.3, -0.25) is 0 Å². The van der Waals surface area contributed by atoms with E-state index in [1.807, 2.05) is 7.05 Å². The Balaban J connectivity index is 2.64. The van der Waals surface area contributed by atoms with Gasteiger partial charge >= 0.3 is 0 Å². The fraction of sp³-hybridized carbons (Fsp3) is 0.571. The Kier molecular flexibility index (Phi) is 3.31. The lowest BCUT2D eigenvalue weighted by Gasteiger charge is -1.95. The molecule has 5 heteroatoms. The van der Waals surface area contributed by atoms with E-state index < -0.39 is 0 Å². The van der Waals surface area contributed by atoms with Gasteiger partial charge in [0.25, 0.3) is 0 Å². The van der Waals surface area contributed by atoms with Crippen LogP contribution in [-0.4, -0.2) is 25.7 Å². The van der Waals surface area contributed by atoms with Crippen LogP contribution in [0.4, 0.5) is 10.1 Å². The number of anilines is 2. The molecule has 0 fully saturated rings. The first-order valence-electron chi connectivity index (χ1n) is 3.69. The number of hydrogen-bond acceptors (Lipinski definition) is 5. The van der Waals surface area contributed by atoms with Gasteiger partial charge in [0, 0.05) is 20.6 Å². The Morgan fingerprint density at radius 1 is 1.67 bits per heavy atom. The molecule has 3 N–H and O–H groups in total. The molecule has 12 heavy (non-hydrogen) atoms. The second-order valence-electron chi connectivity index (χ2n) is 2.32. The summed E-state index contributed by atoms with van der Waals surface area (Å²) < 4.78 is 4.93. The number of ether oxygens (including phenoxy) is 1. The minimum atomic E-state index is 0.664. The van der Waals surface area contributed by atoms with E-state index in [-0.39, 0.29) is 0 Å². The van der Waals surface area contributed by atoms with Crippen molar-refractivity contribution >= 4 is 21.5 Å². The van der Waals surface area contributed by atoms with Crippen LogP contribution in [0.25, 0.3) is 0 Å². The highest BCUT2D eigenvalue weighted by molar-refractivity contribution is 7.19. The highest BCUT2D eigenvalue weighted by Crippen LogP contribution is 2.24. The van der Waals surface area contributed by atoms with Gasteiger partial charge in [-0.15, -0.1) is 0 Å². The van der Waals surface area contributed by atoms with Crippen molar-refractivity contribution in [3.8, 4) is 0 Å². The van der Waals surface area contributed by atoms with Crippen LogP contribution in [0.1, 0.15) is 5.69 Å². The average Bonchev–Trinajstić information content (AvgIpc) is 2.43. The normalized spacial score (nSPS) is 10.2. The van der Waals surface area contributed by atoms with Crippen molar-refractivity contribution in [3.63, 3.8) is 0 Å². The van der Waals surface area contributed by atoms with Gasteiger partial charge in [-0.05, 0) is 0 Å². The Hall–Kier alpha value is -0.810. The van der Waals surface area contributed by atoms with E-state index in [1.54, 1.807) is 7.11 Å². The summed E-state index contributed by atoms with van der Waals surface area (Å²) in [7, 11) is 3.50. The molecule has 0 aliphatic carbocycles. The molecule has 0 atom stereocenters. The second-order valence-corrected chi connectivity index (χ2v) is 3.35. The molecule has 1 heterocycles. The summed E-state index contributed by atoms with van der Waals surface area (Å²) in [6.07, 6.45) is 0.778. The summed E-state index contributed by atoms with van der Waals surface area (Å²) in [4.78, 5) is 4.27. The van der Waals surface area contributed by atoms with Crippen molar-refractivity contribution in [2.45, 2.75) is 6.42 Å². The summed E-state index contributed by atoms with van der Waals surface area (Å²) in [5.41, 5.74) is 6.64. The van der Waals surface area contributed by atoms with Gasteiger partial charge in [-0.2, -0.15) is 0 Å². The first kappa shape index (κ1) is 9.28. The van der Waals surface area contributed by atoms with Crippen LogP contribution in [0.2, 0.25) is 0 Å². The standard InChI is InChI=1S/C7H13N3OS/c1-9-7-10-5(3-4-11-2)6(8)12-7/h3-4,8H2,1-2H3,(H,9,10). The average molecular weight is 187 g/mol. The molecular weight excluding hydrogens is 174 g/mol. The maximum Gasteiger partial charge on any atom is 0.184 e. The van der Waals surface area contributed by atoms with E-state index in [0.29, 0.717) is 6.61 Å². The highest BCUT2D eigenvalue weighted by Gasteiger charge is 2.05. The Morgan fingerprint density at radius 3 is 2.92 bits per heavy atom. The van der Waals surface area contributed by atoms with Crippen molar-refractivity contribution in [3.05, 3.63) is 5.69 Å². The van der Waals surface area contributed by atoms with Crippen LogP contribution < -0.4 is 11.1 Å². The van der Waals surface area contributed by atoms with E-state index in [4.69, 9.17) is 10.5 Å². The molecule has 1 rings (SSSR count). The third-order valence-electron chi connectivity index (χ3n) is 1.48. The van der Waals surface area contributed by atoms with Crippen LogP contribution in [0.5, 0.6) is 0 Å². The number of aromatic nitrogens is 1. The number of methoxy groups -OCH3 is 1. The fourth-order valence-corrected chi connectivity index (χ4v) is 1.58. The molecule has 4 nitrogen and oxygen atoms in total. The molecule has 1 aromatic heterocycles. The Morgan fingerprint density at radius 2 is 2.42 bits per heavy atom. The van der Waals surface area contributed by atoms with Crippen LogP contribution in [0, 0.1) is 0 Å². The van der Waals surface area contributed by atoms with E-state index in [0.717, 1.165) is 22.2 Å². The Labute approximate surface area is 75.8 Å². The zero-order valence-corrected chi connectivity index (χ0v) is 8.07. The molecule has 0 spiro atoms. The molecule has 0 amide bonds. The van der Waals surface area contributed by atoms with Crippen molar-refractivity contribution in [1.29, 1.82) is 0 Å². The number of rotatable bonds is 4. The van der Waals surface area contributed by atoms with Crippen LogP contribution in [0.3, 0.4) is 0 Å². The number of nitrogens with one attached hydrogen (secondary N) is 1. The molecule has 0 aromatic carbocycles. The monoisotopic (exact) mass is 187 g/mol. The van der Waals surface area contributed by atoms with Crippen molar-refractivity contribution in [2.75, 3.05) is 31.8 Å². The van der Waals surface area contributed by atoms with Crippen molar-refractivity contribution in [2.24, 2.45) is 0 Å². The summed E-state index contributed by atoms with van der Waals surface area (Å²) in [5, 5.41) is 4.59. The lowest BCUT2D eigenvalue weighted by atomic mass is 10.3. The molecule has 0 radical (unpaired) electrons. The quantitative estimate of drug-likeness (QED) is 0.737. The number of nitrogens with two attached hydrogens (primary N) is 1. The molecule has 0 saturated carbocycles. The SMILES string of the molecule is CNc1nc(CCOC)c(N)s1. The first-order chi connectivity index (χ1) is 5.77. The summed E-state index contributed by atoms with van der Waals surface area (Å²) in [6.45, 7) is 0.664. The predicted molar refractivity (Wildman–Crippen MR) is 51.7 cm³/mol. The summed E-state index contributed by atoms with van der Waals surface area (Å²) in [6, 6.07) is 0. The van der Waals surface area contributed by atoms with Gasteiger partial charge in [0.05, 0.1) is 12.3 Å². The Bertz CT molecular complexity index is 249. The number of thiazole rings is 1. The molecule has 1 aromatic rings. The highest BCUT2D eigenvalue weighted by atomic mass is 32.1. The van der Waals surface area contributed by atoms with Crippen LogP contribution in [0.15, 0.2) is 0 Å². The molecular formula is C7H13N3OS. The van der Waals surface area contributed by atoms with E-state index in [2.05, 4.69) is 10.3 Å². The molecule has 68 valence electrons. The van der Waals surface area contributed by atoms with E-state index in [9.17, 15) is 0 Å². The minimum absolute atomic E-state index is 0.664. The lowest BCUT2D eigenvalue weighted by molar-refractivity contribution is 0.201. The van der Waals surface area contributed by atoms with Crippen molar-refractivity contribution < 1.29 is 4.74 Å². The second kappa shape index (κ2) is 4.27. The van der Waals surface area contributed by atoms with Crippen LogP contribution in [-0.2, 0) is 11.2 Å². The fourth-order valence-electron chi connectivity index (χ4n) is 0.848. The molecule has 0 aliphatic heterocycles. The summed E-state index contributed by atoms with van der Waals surface area (Å²) >= 11 is 1.46. The topological polar surface area (TPSA) is 60.2 Å². The van der Waals surface area contributed by atoms with Gasteiger partial charge in [0.1, 0.15) is 5.00 Å². The predicted octanol–water partition coefficient (Wildman–Crippen LogP) is 0.956. The lowest BCUT2D eigenvalue weighted by Crippen LogP contribution is -1.98. The smallest absolute Gasteiger partial charge is 0.184 e. The molecule has 0 saturated heterocycles. The molecule has 0 bridgehead atoms. The molecule has 0 aliphatic rings. The molecule has 0 unspecified atom stereocenters. The number of hydrogen-bond donors (Lipinski definition) is 2. The van der Waals surface area contributed by atoms with Crippen molar-refractivity contribution in [1.82, 2.24) is 4.98 Å². The third kappa shape index (κ3) is 2.09. The van der Waals surface area contributed by atoms with Gasteiger partial charge in [0.15, 0.2) is 5.13 Å². The summed E-state index contributed by atoms with van der Waals surface area (Å²) in [5.74, 6) is 0. The van der Waals surface area contributed by atoms with Crippen LogP contribution >= 0.6 is 11.3 Å². The first-order valence-corrected chi connectivity index (χ1v) is 4.51. The van der Waals surface area contributed by atoms with Gasteiger partial charge < -0.3 is 15.8 Å². The van der Waals surface area contributed by atoms with Gasteiger partial charge in [0.2, 0.25) is 0 Å². The van der Waals surface area contributed by atoms with Gasteiger partial charge in [-0.1, -0.05) is 11.3 Å².